The number of rotatable bonds is 6. The van der Waals surface area contributed by atoms with Crippen LogP contribution in [0.5, 0.6) is 0 Å². The van der Waals surface area contributed by atoms with E-state index in [1.165, 1.54) is 23.6 Å². The standard InChI is InChI=1S/C16H16F3N3O3S2/c1-11-6-7-26-14(11)9-20-21-15(23)10-22(27(2,24)25)13-5-3-4-12(8-13)16(17,18)19/h3-9H,10H2,1-2H3,(H,21,23)/b20-9-. The number of carbonyl (C=O) groups is 1. The van der Waals surface area contributed by atoms with Crippen molar-refractivity contribution in [1.29, 1.82) is 0 Å². The Morgan fingerprint density at radius 2 is 2.04 bits per heavy atom. The summed E-state index contributed by atoms with van der Waals surface area (Å²) in [5, 5.41) is 5.59. The molecule has 0 aliphatic heterocycles. The molecule has 0 fully saturated rings. The lowest BCUT2D eigenvalue weighted by Crippen LogP contribution is -2.39. The maximum atomic E-state index is 12.9. The second-order valence-corrected chi connectivity index (χ2v) is 8.43. The molecule has 0 saturated carbocycles. The van der Waals surface area contributed by atoms with Crippen LogP contribution in [0.4, 0.5) is 18.9 Å². The van der Waals surface area contributed by atoms with Crippen LogP contribution in [0.3, 0.4) is 0 Å². The van der Waals surface area contributed by atoms with Crippen LogP contribution in [0, 0.1) is 6.92 Å². The number of halogens is 3. The third-order valence-electron chi connectivity index (χ3n) is 3.42. The van der Waals surface area contributed by atoms with Gasteiger partial charge in [-0.05, 0) is 42.1 Å². The van der Waals surface area contributed by atoms with Crippen LogP contribution in [0.2, 0.25) is 0 Å². The van der Waals surface area contributed by atoms with E-state index in [0.29, 0.717) is 10.4 Å². The quantitative estimate of drug-likeness (QED) is 0.578. The van der Waals surface area contributed by atoms with Crippen LogP contribution in [0.15, 0.2) is 40.8 Å². The SMILES string of the molecule is Cc1ccsc1/C=N\NC(=O)CN(c1cccc(C(F)(F)F)c1)S(C)(=O)=O. The minimum atomic E-state index is -4.63. The average molecular weight is 419 g/mol. The van der Waals surface area contributed by atoms with E-state index >= 15 is 0 Å². The topological polar surface area (TPSA) is 78.8 Å². The van der Waals surface area contributed by atoms with Gasteiger partial charge in [0.2, 0.25) is 10.0 Å². The Morgan fingerprint density at radius 1 is 1.33 bits per heavy atom. The first-order valence-corrected chi connectivity index (χ1v) is 10.2. The third-order valence-corrected chi connectivity index (χ3v) is 5.52. The second kappa shape index (κ2) is 8.09. The van der Waals surface area contributed by atoms with Crippen molar-refractivity contribution in [3.05, 3.63) is 51.7 Å². The number of nitrogens with zero attached hydrogens (tertiary/aromatic N) is 2. The maximum absolute atomic E-state index is 12.9. The van der Waals surface area contributed by atoms with Gasteiger partial charge in [0.25, 0.3) is 5.91 Å². The summed E-state index contributed by atoms with van der Waals surface area (Å²) in [7, 11) is -3.99. The Bertz CT molecular complexity index is 953. The molecule has 0 atom stereocenters. The lowest BCUT2D eigenvalue weighted by Gasteiger charge is -2.22. The summed E-state index contributed by atoms with van der Waals surface area (Å²) in [6.45, 7) is 1.15. The Kier molecular flexibility index (Phi) is 6.26. The van der Waals surface area contributed by atoms with Gasteiger partial charge in [-0.25, -0.2) is 13.8 Å². The molecule has 1 amide bonds. The second-order valence-electron chi connectivity index (χ2n) is 5.58. The van der Waals surface area contributed by atoms with Crippen molar-refractivity contribution in [3.63, 3.8) is 0 Å². The summed E-state index contributed by atoms with van der Waals surface area (Å²) in [5.74, 6) is -0.789. The number of benzene rings is 1. The number of alkyl halides is 3. The molecule has 1 aromatic carbocycles. The van der Waals surface area contributed by atoms with Crippen molar-refractivity contribution in [2.75, 3.05) is 17.1 Å². The van der Waals surface area contributed by atoms with Gasteiger partial charge in [0.05, 0.1) is 23.7 Å². The van der Waals surface area contributed by atoms with Crippen molar-refractivity contribution in [1.82, 2.24) is 5.43 Å². The lowest BCUT2D eigenvalue weighted by atomic mass is 10.2. The van der Waals surface area contributed by atoms with E-state index in [4.69, 9.17) is 0 Å². The molecule has 0 aliphatic carbocycles. The van der Waals surface area contributed by atoms with Gasteiger partial charge in [-0.3, -0.25) is 9.10 Å². The monoisotopic (exact) mass is 419 g/mol. The lowest BCUT2D eigenvalue weighted by molar-refractivity contribution is -0.137. The molecule has 1 N–H and O–H groups in total. The summed E-state index contributed by atoms with van der Waals surface area (Å²) >= 11 is 1.41. The minimum absolute atomic E-state index is 0.263. The van der Waals surface area contributed by atoms with Crippen LogP contribution in [0.25, 0.3) is 0 Å². The van der Waals surface area contributed by atoms with Crippen molar-refractivity contribution in [2.24, 2.45) is 5.10 Å². The van der Waals surface area contributed by atoms with Crippen LogP contribution in [-0.2, 0) is 21.0 Å². The largest absolute Gasteiger partial charge is 0.416 e. The molecule has 2 rings (SSSR count). The predicted molar refractivity (Wildman–Crippen MR) is 98.4 cm³/mol. The molecule has 0 aliphatic rings. The van der Waals surface area contributed by atoms with Crippen LogP contribution in [0.1, 0.15) is 16.0 Å². The number of hydrogen-bond donors (Lipinski definition) is 1. The zero-order chi connectivity index (χ0) is 20.2. The minimum Gasteiger partial charge on any atom is -0.271 e. The molecule has 27 heavy (non-hydrogen) atoms. The first-order chi connectivity index (χ1) is 12.5. The number of hydrogen-bond acceptors (Lipinski definition) is 5. The van der Waals surface area contributed by atoms with Gasteiger partial charge in [0, 0.05) is 4.88 Å². The smallest absolute Gasteiger partial charge is 0.271 e. The molecule has 1 aromatic heterocycles. The zero-order valence-electron chi connectivity index (χ0n) is 14.3. The van der Waals surface area contributed by atoms with E-state index in [1.54, 1.807) is 0 Å². The summed E-state index contributed by atoms with van der Waals surface area (Å²) in [6.07, 6.45) is -2.42. The van der Waals surface area contributed by atoms with Gasteiger partial charge in [0.15, 0.2) is 0 Å². The van der Waals surface area contributed by atoms with Crippen LogP contribution in [-0.4, -0.2) is 33.3 Å². The Labute approximate surface area is 158 Å². The zero-order valence-corrected chi connectivity index (χ0v) is 16.0. The molecule has 0 spiro atoms. The van der Waals surface area contributed by atoms with Gasteiger partial charge in [-0.2, -0.15) is 18.3 Å². The van der Waals surface area contributed by atoms with Crippen molar-refractivity contribution >= 4 is 39.2 Å². The molecular formula is C16H16F3N3O3S2. The van der Waals surface area contributed by atoms with Crippen LogP contribution >= 0.6 is 11.3 Å². The van der Waals surface area contributed by atoms with E-state index in [0.717, 1.165) is 28.8 Å². The van der Waals surface area contributed by atoms with E-state index in [-0.39, 0.29) is 5.69 Å². The molecule has 0 unspecified atom stereocenters. The van der Waals surface area contributed by atoms with Gasteiger partial charge >= 0.3 is 6.18 Å². The third kappa shape index (κ3) is 5.79. The molecule has 1 heterocycles. The highest BCUT2D eigenvalue weighted by Gasteiger charge is 2.31. The molecule has 6 nitrogen and oxygen atoms in total. The van der Waals surface area contributed by atoms with Crippen molar-refractivity contribution < 1.29 is 26.4 Å². The normalized spacial score (nSPS) is 12.3. The molecule has 146 valence electrons. The number of aryl methyl sites for hydroxylation is 1. The molecule has 0 radical (unpaired) electrons. The Morgan fingerprint density at radius 3 is 2.59 bits per heavy atom. The van der Waals surface area contributed by atoms with E-state index in [2.05, 4.69) is 10.5 Å². The number of anilines is 1. The molecule has 11 heteroatoms. The fourth-order valence-corrected chi connectivity index (χ4v) is 3.72. The summed E-state index contributed by atoms with van der Waals surface area (Å²) < 4.78 is 63.1. The summed E-state index contributed by atoms with van der Waals surface area (Å²) in [5.41, 5.74) is 1.86. The Balaban J connectivity index is 2.17. The fraction of sp³-hybridized carbons (Fsp3) is 0.250. The van der Waals surface area contributed by atoms with E-state index < -0.39 is 34.2 Å². The van der Waals surface area contributed by atoms with Crippen molar-refractivity contribution in [3.8, 4) is 0 Å². The number of nitrogens with one attached hydrogen (secondary N) is 1. The highest BCUT2D eigenvalue weighted by Crippen LogP contribution is 2.32. The number of amides is 1. The maximum Gasteiger partial charge on any atom is 0.416 e. The summed E-state index contributed by atoms with van der Waals surface area (Å²) in [4.78, 5) is 12.8. The van der Waals surface area contributed by atoms with Crippen molar-refractivity contribution in [2.45, 2.75) is 13.1 Å². The molecule has 0 bridgehead atoms. The van der Waals surface area contributed by atoms with Gasteiger partial charge in [-0.15, -0.1) is 11.3 Å². The number of hydrazone groups is 1. The highest BCUT2D eigenvalue weighted by molar-refractivity contribution is 7.92. The van der Waals surface area contributed by atoms with Crippen LogP contribution < -0.4 is 9.73 Å². The first kappa shape index (κ1) is 20.9. The first-order valence-electron chi connectivity index (χ1n) is 7.49. The molecular weight excluding hydrogens is 403 g/mol. The van der Waals surface area contributed by atoms with Gasteiger partial charge < -0.3 is 0 Å². The predicted octanol–water partition coefficient (Wildman–Crippen LogP) is 2.99. The number of thiophene rings is 1. The highest BCUT2D eigenvalue weighted by atomic mass is 32.2. The van der Waals surface area contributed by atoms with Gasteiger partial charge in [-0.1, -0.05) is 6.07 Å². The summed E-state index contributed by atoms with van der Waals surface area (Å²) in [6, 6.07) is 5.62. The van der Waals surface area contributed by atoms with E-state index in [1.807, 2.05) is 18.4 Å². The molecule has 0 saturated heterocycles. The van der Waals surface area contributed by atoms with E-state index in [9.17, 15) is 26.4 Å². The average Bonchev–Trinajstić information content (AvgIpc) is 2.96. The fourth-order valence-electron chi connectivity index (χ4n) is 2.08. The number of sulfonamides is 1. The van der Waals surface area contributed by atoms with Gasteiger partial charge in [0.1, 0.15) is 6.54 Å². The Hall–Kier alpha value is -2.40. The molecule has 2 aromatic rings. The number of carbonyl (C=O) groups excluding carboxylic acids is 1.